The molecule has 1 aromatic carbocycles. The van der Waals surface area contributed by atoms with Crippen molar-refractivity contribution in [1.29, 1.82) is 0 Å². The second-order valence-corrected chi connectivity index (χ2v) is 10.4. The lowest BCUT2D eigenvalue weighted by Gasteiger charge is -2.37. The number of fused-ring (bicyclic) bond motifs is 1. The molecular formula is C20H29N3O5S. The number of nitrogens with one attached hydrogen (secondary N) is 1. The molecule has 0 spiro atoms. The summed E-state index contributed by atoms with van der Waals surface area (Å²) in [6.07, 6.45) is 0.979. The molecule has 2 amide bonds. The van der Waals surface area contributed by atoms with Crippen LogP contribution in [-0.4, -0.2) is 56.3 Å². The fourth-order valence-electron chi connectivity index (χ4n) is 3.76. The lowest BCUT2D eigenvalue weighted by Crippen LogP contribution is -2.51. The summed E-state index contributed by atoms with van der Waals surface area (Å²) in [6.45, 7) is 7.70. The Morgan fingerprint density at radius 3 is 2.45 bits per heavy atom. The summed E-state index contributed by atoms with van der Waals surface area (Å²) < 4.78 is 33.4. The number of nitrogens with zero attached hydrogens (tertiary/aromatic N) is 2. The Hall–Kier alpha value is -2.13. The molecule has 0 bridgehead atoms. The third-order valence-corrected chi connectivity index (χ3v) is 7.27. The highest BCUT2D eigenvalue weighted by Crippen LogP contribution is 2.39. The topological polar surface area (TPSA) is 96.0 Å². The zero-order chi connectivity index (χ0) is 21.6. The molecular weight excluding hydrogens is 394 g/mol. The van der Waals surface area contributed by atoms with E-state index in [-0.39, 0.29) is 28.7 Å². The van der Waals surface area contributed by atoms with Gasteiger partial charge in [0.15, 0.2) is 5.60 Å². The minimum Gasteiger partial charge on any atom is -0.476 e. The van der Waals surface area contributed by atoms with Gasteiger partial charge in [0, 0.05) is 38.2 Å². The van der Waals surface area contributed by atoms with Gasteiger partial charge in [-0.3, -0.25) is 9.59 Å². The fourth-order valence-corrected chi connectivity index (χ4v) is 5.24. The van der Waals surface area contributed by atoms with E-state index in [9.17, 15) is 18.0 Å². The first-order valence-electron chi connectivity index (χ1n) is 9.85. The van der Waals surface area contributed by atoms with Gasteiger partial charge < -0.3 is 15.0 Å². The number of carbonyl (C=O) groups excluding carboxylic acids is 2. The summed E-state index contributed by atoms with van der Waals surface area (Å²) in [6, 6.07) is 4.64. The molecule has 0 saturated carbocycles. The average Bonchev–Trinajstić information content (AvgIpc) is 2.65. The Morgan fingerprint density at radius 2 is 1.86 bits per heavy atom. The number of ether oxygens (including phenoxy) is 1. The minimum atomic E-state index is -3.72. The molecule has 0 radical (unpaired) electrons. The van der Waals surface area contributed by atoms with Gasteiger partial charge in [-0.15, -0.1) is 0 Å². The first-order chi connectivity index (χ1) is 13.4. The maximum absolute atomic E-state index is 13.1. The number of benzene rings is 1. The molecule has 0 aromatic heterocycles. The van der Waals surface area contributed by atoms with Crippen molar-refractivity contribution in [2.45, 2.75) is 57.1 Å². The van der Waals surface area contributed by atoms with Crippen molar-refractivity contribution in [2.24, 2.45) is 5.92 Å². The van der Waals surface area contributed by atoms with E-state index >= 15 is 0 Å². The largest absolute Gasteiger partial charge is 0.476 e. The maximum Gasteiger partial charge on any atom is 0.270 e. The van der Waals surface area contributed by atoms with Gasteiger partial charge in [-0.1, -0.05) is 0 Å². The van der Waals surface area contributed by atoms with E-state index < -0.39 is 15.6 Å². The second-order valence-electron chi connectivity index (χ2n) is 8.45. The summed E-state index contributed by atoms with van der Waals surface area (Å²) in [5, 5.41) is 2.89. The number of hydrogen-bond acceptors (Lipinski definition) is 5. The first kappa shape index (κ1) is 21.6. The summed E-state index contributed by atoms with van der Waals surface area (Å²) in [7, 11) is -2.07. The molecule has 3 rings (SSSR count). The van der Waals surface area contributed by atoms with E-state index in [0.717, 1.165) is 0 Å². The van der Waals surface area contributed by atoms with Crippen molar-refractivity contribution in [2.75, 3.05) is 25.0 Å². The predicted molar refractivity (Wildman–Crippen MR) is 109 cm³/mol. The van der Waals surface area contributed by atoms with E-state index in [4.69, 9.17) is 4.74 Å². The molecule has 0 unspecified atom stereocenters. The second kappa shape index (κ2) is 7.60. The predicted octanol–water partition coefficient (Wildman–Crippen LogP) is 1.75. The number of carbonyl (C=O) groups is 2. The van der Waals surface area contributed by atoms with Crippen LogP contribution in [0, 0.1) is 5.92 Å². The van der Waals surface area contributed by atoms with Gasteiger partial charge in [-0.2, -0.15) is 4.31 Å². The molecule has 2 heterocycles. The summed E-state index contributed by atoms with van der Waals surface area (Å²) in [4.78, 5) is 26.1. The van der Waals surface area contributed by atoms with Crippen molar-refractivity contribution < 1.29 is 22.7 Å². The van der Waals surface area contributed by atoms with Gasteiger partial charge >= 0.3 is 0 Å². The molecule has 2 aliphatic rings. The third-order valence-electron chi connectivity index (χ3n) is 5.37. The van der Waals surface area contributed by atoms with Gasteiger partial charge in [0.2, 0.25) is 15.9 Å². The standard InChI is InChI=1S/C20H29N3O5S/c1-13(2)21-18(24)14-8-10-23(11-9-14)29(26,27)15-6-7-16-17(12-15)28-20(3,4)19(25)22(16)5/h6-7,12-14H,8-11H2,1-5H3,(H,21,24). The Kier molecular flexibility index (Phi) is 5.66. The van der Waals surface area contributed by atoms with Gasteiger partial charge in [0.1, 0.15) is 5.75 Å². The summed E-state index contributed by atoms with van der Waals surface area (Å²) in [5.41, 5.74) is -0.524. The molecule has 9 heteroatoms. The van der Waals surface area contributed by atoms with Crippen LogP contribution in [-0.2, 0) is 19.6 Å². The number of likely N-dealkylation sites (N-methyl/N-ethyl adjacent to an activating group) is 1. The molecule has 0 aliphatic carbocycles. The van der Waals surface area contributed by atoms with E-state index in [1.165, 1.54) is 21.3 Å². The quantitative estimate of drug-likeness (QED) is 0.796. The zero-order valence-corrected chi connectivity index (χ0v) is 18.4. The highest BCUT2D eigenvalue weighted by Gasteiger charge is 2.40. The minimum absolute atomic E-state index is 0.0193. The summed E-state index contributed by atoms with van der Waals surface area (Å²) in [5.74, 6) is -0.0166. The van der Waals surface area contributed by atoms with Gasteiger partial charge in [-0.25, -0.2) is 8.42 Å². The molecule has 1 fully saturated rings. The summed E-state index contributed by atoms with van der Waals surface area (Å²) >= 11 is 0. The SMILES string of the molecule is CC(C)NC(=O)C1CCN(S(=O)(=O)c2ccc3c(c2)OC(C)(C)C(=O)N3C)CC1. The Balaban J connectivity index is 1.78. The molecule has 8 nitrogen and oxygen atoms in total. The normalized spacial score (nSPS) is 20.3. The van der Waals surface area contributed by atoms with E-state index in [2.05, 4.69) is 5.32 Å². The van der Waals surface area contributed by atoms with Crippen LogP contribution in [0.5, 0.6) is 5.75 Å². The van der Waals surface area contributed by atoms with Crippen LogP contribution in [0.15, 0.2) is 23.1 Å². The molecule has 29 heavy (non-hydrogen) atoms. The van der Waals surface area contributed by atoms with Gasteiger partial charge in [0.05, 0.1) is 10.6 Å². The maximum atomic E-state index is 13.1. The number of sulfonamides is 1. The van der Waals surface area contributed by atoms with Gasteiger partial charge in [-0.05, 0) is 52.7 Å². The van der Waals surface area contributed by atoms with Crippen LogP contribution in [0.3, 0.4) is 0 Å². The van der Waals surface area contributed by atoms with Crippen LogP contribution >= 0.6 is 0 Å². The Labute approximate surface area is 172 Å². The van der Waals surface area contributed by atoms with Crippen LogP contribution in [0.1, 0.15) is 40.5 Å². The highest BCUT2D eigenvalue weighted by molar-refractivity contribution is 7.89. The third kappa shape index (κ3) is 4.11. The van der Waals surface area contributed by atoms with E-state index in [1.807, 2.05) is 13.8 Å². The molecule has 0 atom stereocenters. The number of anilines is 1. The molecule has 1 aromatic rings. The molecule has 160 valence electrons. The Morgan fingerprint density at radius 1 is 1.24 bits per heavy atom. The van der Waals surface area contributed by atoms with Gasteiger partial charge in [0.25, 0.3) is 5.91 Å². The van der Waals surface area contributed by atoms with Crippen molar-refractivity contribution in [3.63, 3.8) is 0 Å². The van der Waals surface area contributed by atoms with Crippen LogP contribution in [0.4, 0.5) is 5.69 Å². The smallest absolute Gasteiger partial charge is 0.270 e. The van der Waals surface area contributed by atoms with Crippen molar-refractivity contribution in [3.05, 3.63) is 18.2 Å². The lowest BCUT2D eigenvalue weighted by molar-refractivity contribution is -0.132. The average molecular weight is 424 g/mol. The molecule has 1 N–H and O–H groups in total. The monoisotopic (exact) mass is 423 g/mol. The Bertz CT molecular complexity index is 918. The van der Waals surface area contributed by atoms with Crippen molar-refractivity contribution in [3.8, 4) is 5.75 Å². The lowest BCUT2D eigenvalue weighted by atomic mass is 9.97. The van der Waals surface area contributed by atoms with Crippen molar-refractivity contribution in [1.82, 2.24) is 9.62 Å². The van der Waals surface area contributed by atoms with E-state index in [0.29, 0.717) is 37.4 Å². The van der Waals surface area contributed by atoms with Crippen molar-refractivity contribution >= 4 is 27.5 Å². The highest BCUT2D eigenvalue weighted by atomic mass is 32.2. The number of rotatable bonds is 4. The first-order valence-corrected chi connectivity index (χ1v) is 11.3. The number of hydrogen-bond donors (Lipinski definition) is 1. The van der Waals surface area contributed by atoms with Crippen LogP contribution < -0.4 is 15.0 Å². The number of piperidine rings is 1. The fraction of sp³-hybridized carbons (Fsp3) is 0.600. The van der Waals surface area contributed by atoms with Crippen LogP contribution in [0.2, 0.25) is 0 Å². The molecule has 2 aliphatic heterocycles. The number of amides is 2. The van der Waals surface area contributed by atoms with E-state index in [1.54, 1.807) is 27.0 Å². The zero-order valence-electron chi connectivity index (χ0n) is 17.6. The van der Waals surface area contributed by atoms with Crippen LogP contribution in [0.25, 0.3) is 0 Å². The molecule has 1 saturated heterocycles.